The van der Waals surface area contributed by atoms with Gasteiger partial charge in [-0.1, -0.05) is 54.6 Å². The van der Waals surface area contributed by atoms with E-state index in [0.29, 0.717) is 37.6 Å². The molecule has 1 unspecified atom stereocenters. The molecule has 9 nitrogen and oxygen atoms in total. The van der Waals surface area contributed by atoms with Gasteiger partial charge in [-0.15, -0.1) is 0 Å². The predicted octanol–water partition coefficient (Wildman–Crippen LogP) is 2.34. The minimum atomic E-state index is -1.40. The fourth-order valence-electron chi connectivity index (χ4n) is 4.97. The number of piperazine rings is 2. The summed E-state index contributed by atoms with van der Waals surface area (Å²) in [5, 5.41) is 16.3. The topological polar surface area (TPSA) is 97.4 Å². The van der Waals surface area contributed by atoms with E-state index in [1.165, 1.54) is 0 Å². The molecule has 34 heavy (non-hydrogen) atoms. The quantitative estimate of drug-likeness (QED) is 0.601. The van der Waals surface area contributed by atoms with Crippen LogP contribution in [0.3, 0.4) is 0 Å². The molecule has 0 radical (unpaired) electrons. The Morgan fingerprint density at radius 2 is 1.47 bits per heavy atom. The molecule has 2 fully saturated rings. The summed E-state index contributed by atoms with van der Waals surface area (Å²) >= 11 is 0. The minimum Gasteiger partial charge on any atom is -0.449 e. The lowest BCUT2D eigenvalue weighted by molar-refractivity contribution is 0.109. The van der Waals surface area contributed by atoms with Crippen LogP contribution in [0.25, 0.3) is 5.76 Å². The highest BCUT2D eigenvalue weighted by molar-refractivity contribution is 5.85. The molecular weight excluding hydrogens is 434 g/mol. The summed E-state index contributed by atoms with van der Waals surface area (Å²) in [5.41, 5.74) is 2.49. The third-order valence-corrected chi connectivity index (χ3v) is 6.50. The lowest BCUT2D eigenvalue weighted by Gasteiger charge is -2.46. The number of amides is 2. The zero-order valence-electron chi connectivity index (χ0n) is 18.9. The molecule has 3 aliphatic heterocycles. The van der Waals surface area contributed by atoms with Crippen LogP contribution in [-0.2, 0) is 4.74 Å². The number of hydrogen-bond acceptors (Lipinski definition) is 6. The molecule has 2 aromatic rings. The monoisotopic (exact) mass is 463 g/mol. The van der Waals surface area contributed by atoms with Crippen molar-refractivity contribution in [2.75, 3.05) is 52.4 Å². The largest absolute Gasteiger partial charge is 0.511 e. The van der Waals surface area contributed by atoms with Crippen LogP contribution in [0.1, 0.15) is 22.7 Å². The Labute approximate surface area is 198 Å². The number of nitrogens with zero attached hydrogens (tertiary/aromatic N) is 3. The molecule has 0 aliphatic carbocycles. The van der Waals surface area contributed by atoms with Crippen molar-refractivity contribution < 1.29 is 19.4 Å². The van der Waals surface area contributed by atoms with Crippen molar-refractivity contribution in [1.82, 2.24) is 25.3 Å². The van der Waals surface area contributed by atoms with Gasteiger partial charge in [0.25, 0.3) is 0 Å². The first-order valence-corrected chi connectivity index (χ1v) is 11.7. The van der Waals surface area contributed by atoms with Gasteiger partial charge < -0.3 is 30.3 Å². The van der Waals surface area contributed by atoms with Crippen molar-refractivity contribution in [2.24, 2.45) is 0 Å². The smallest absolute Gasteiger partial charge is 0.449 e. The molecule has 0 spiro atoms. The summed E-state index contributed by atoms with van der Waals surface area (Å²) in [4.78, 5) is 31.7. The molecule has 3 heterocycles. The summed E-state index contributed by atoms with van der Waals surface area (Å²) in [6.45, 7) is 5.35. The number of carbonyl (C=O) groups is 2. The van der Waals surface area contributed by atoms with Gasteiger partial charge in [0, 0.05) is 57.9 Å². The van der Waals surface area contributed by atoms with Crippen molar-refractivity contribution in [2.45, 2.75) is 6.04 Å². The van der Waals surface area contributed by atoms with E-state index < -0.39 is 12.2 Å². The van der Waals surface area contributed by atoms with Crippen LogP contribution in [0.5, 0.6) is 0 Å². The Bertz CT molecular complexity index is 1080. The maximum Gasteiger partial charge on any atom is 0.511 e. The fraction of sp³-hybridized carbons (Fsp3) is 0.360. The molecule has 3 N–H and O–H groups in total. The van der Waals surface area contributed by atoms with Crippen molar-refractivity contribution in [1.29, 1.82) is 0 Å². The number of hydrogen-bond donors (Lipinski definition) is 3. The maximum atomic E-state index is 14.2. The molecule has 0 saturated carbocycles. The van der Waals surface area contributed by atoms with E-state index in [4.69, 9.17) is 4.74 Å². The van der Waals surface area contributed by atoms with Crippen LogP contribution in [0, 0.1) is 0 Å². The molecule has 0 aromatic heterocycles. The first-order chi connectivity index (χ1) is 16.6. The van der Waals surface area contributed by atoms with Gasteiger partial charge in [-0.2, -0.15) is 0 Å². The minimum absolute atomic E-state index is 0.148. The maximum absolute atomic E-state index is 14.2. The highest BCUT2D eigenvalue weighted by atomic mass is 16.7. The van der Waals surface area contributed by atoms with E-state index in [0.717, 1.165) is 37.3 Å². The molecule has 2 amide bonds. The Morgan fingerprint density at radius 1 is 0.853 bits per heavy atom. The zero-order chi connectivity index (χ0) is 23.5. The highest BCUT2D eigenvalue weighted by Gasteiger charge is 2.43. The molecular formula is C25H29N5O4. The predicted molar refractivity (Wildman–Crippen MR) is 127 cm³/mol. The molecule has 1 atom stereocenters. The normalized spacial score (nSPS) is 20.7. The van der Waals surface area contributed by atoms with Gasteiger partial charge in [0.05, 0.1) is 6.04 Å². The number of urea groups is 1. The number of benzene rings is 2. The van der Waals surface area contributed by atoms with Crippen LogP contribution in [0.4, 0.5) is 9.59 Å². The molecule has 178 valence electrons. The third kappa shape index (κ3) is 4.20. The Morgan fingerprint density at radius 3 is 2.15 bits per heavy atom. The molecule has 3 aliphatic rings. The SMILES string of the molecule is O=C(O)OC1=C(N2CCNCC2)N(C(=O)N2CCNCC2)C(c2ccccc2)c2ccccc21. The van der Waals surface area contributed by atoms with Crippen LogP contribution < -0.4 is 10.6 Å². The molecule has 2 saturated heterocycles. The van der Waals surface area contributed by atoms with Crippen LogP contribution in [-0.4, -0.2) is 84.4 Å². The van der Waals surface area contributed by atoms with E-state index in [1.54, 1.807) is 4.90 Å². The van der Waals surface area contributed by atoms with Gasteiger partial charge in [0.2, 0.25) is 0 Å². The average molecular weight is 464 g/mol. The van der Waals surface area contributed by atoms with E-state index in [2.05, 4.69) is 15.5 Å². The summed E-state index contributed by atoms with van der Waals surface area (Å²) in [7, 11) is 0. The van der Waals surface area contributed by atoms with Crippen LogP contribution in [0.15, 0.2) is 60.4 Å². The molecule has 9 heteroatoms. The number of carboxylic acid groups (broad SMARTS) is 1. The fourth-order valence-corrected chi connectivity index (χ4v) is 4.97. The standard InChI is InChI=1S/C25H29N5O4/c31-24(29-16-12-27-13-17-29)30-21(18-6-2-1-3-7-18)19-8-4-5-9-20(19)22(34-25(32)33)23(30)28-14-10-26-11-15-28/h1-9,21,26-27H,10-17H2,(H,32,33). The van der Waals surface area contributed by atoms with Crippen molar-refractivity contribution in [3.8, 4) is 0 Å². The molecule has 0 bridgehead atoms. The van der Waals surface area contributed by atoms with Crippen molar-refractivity contribution >= 4 is 17.9 Å². The van der Waals surface area contributed by atoms with Gasteiger partial charge in [0.1, 0.15) is 0 Å². The summed E-state index contributed by atoms with van der Waals surface area (Å²) in [6.07, 6.45) is -1.40. The first-order valence-electron chi connectivity index (χ1n) is 11.7. The van der Waals surface area contributed by atoms with E-state index in [-0.39, 0.29) is 11.8 Å². The second kappa shape index (κ2) is 9.74. The number of rotatable bonds is 3. The summed E-state index contributed by atoms with van der Waals surface area (Å²) in [5.74, 6) is 0.723. The average Bonchev–Trinajstić information content (AvgIpc) is 2.89. The Hall–Kier alpha value is -3.56. The lowest BCUT2D eigenvalue weighted by Crippen LogP contribution is -2.56. The van der Waals surface area contributed by atoms with E-state index in [9.17, 15) is 14.7 Å². The second-order valence-electron chi connectivity index (χ2n) is 8.55. The van der Waals surface area contributed by atoms with Gasteiger partial charge in [-0.25, -0.2) is 9.59 Å². The van der Waals surface area contributed by atoms with Gasteiger partial charge in [-0.05, 0) is 11.1 Å². The van der Waals surface area contributed by atoms with Crippen LogP contribution in [0.2, 0.25) is 0 Å². The Balaban J connectivity index is 1.74. The number of ether oxygens (including phenoxy) is 1. The first kappa shape index (κ1) is 22.2. The van der Waals surface area contributed by atoms with Crippen molar-refractivity contribution in [3.05, 3.63) is 77.1 Å². The summed E-state index contributed by atoms with van der Waals surface area (Å²) in [6, 6.07) is 16.9. The summed E-state index contributed by atoms with van der Waals surface area (Å²) < 4.78 is 5.44. The van der Waals surface area contributed by atoms with E-state index in [1.807, 2.05) is 59.5 Å². The third-order valence-electron chi connectivity index (χ3n) is 6.50. The zero-order valence-corrected chi connectivity index (χ0v) is 18.9. The van der Waals surface area contributed by atoms with Gasteiger partial charge >= 0.3 is 12.2 Å². The molecule has 2 aromatic carbocycles. The molecule has 5 rings (SSSR count). The van der Waals surface area contributed by atoms with Crippen molar-refractivity contribution in [3.63, 3.8) is 0 Å². The van der Waals surface area contributed by atoms with Gasteiger partial charge in [0.15, 0.2) is 11.6 Å². The van der Waals surface area contributed by atoms with Gasteiger partial charge in [-0.3, -0.25) is 4.90 Å². The number of carbonyl (C=O) groups excluding carboxylic acids is 1. The second-order valence-corrected chi connectivity index (χ2v) is 8.55. The number of fused-ring (bicyclic) bond motifs is 1. The van der Waals surface area contributed by atoms with E-state index >= 15 is 0 Å². The lowest BCUT2D eigenvalue weighted by atomic mass is 9.89. The Kier molecular flexibility index (Phi) is 6.37. The van der Waals surface area contributed by atoms with Crippen LogP contribution >= 0.6 is 0 Å². The number of nitrogens with one attached hydrogen (secondary N) is 2. The highest BCUT2D eigenvalue weighted by Crippen LogP contribution is 2.44.